The summed E-state index contributed by atoms with van der Waals surface area (Å²) in [6.45, 7) is 2.27. The van der Waals surface area contributed by atoms with E-state index in [0.717, 1.165) is 16.7 Å². The molecule has 0 amide bonds. The van der Waals surface area contributed by atoms with Gasteiger partial charge in [0, 0.05) is 22.6 Å². The Labute approximate surface area is 292 Å². The maximum absolute atomic E-state index is 5.19. The lowest BCUT2D eigenvalue weighted by atomic mass is 9.70. The van der Waals surface area contributed by atoms with Crippen molar-refractivity contribution in [3.05, 3.63) is 198 Å². The van der Waals surface area contributed by atoms with Crippen molar-refractivity contribution in [2.24, 2.45) is 5.92 Å². The van der Waals surface area contributed by atoms with Crippen molar-refractivity contribution < 1.29 is 0 Å². The first-order chi connectivity index (χ1) is 24.7. The smallest absolute Gasteiger partial charge is 0.164 e. The normalized spacial score (nSPS) is 17.3. The fraction of sp³-hybridized carbons (Fsp3) is 0.0851. The molecule has 0 N–H and O–H groups in total. The molecule has 3 aliphatic rings. The molecule has 6 aromatic carbocycles. The van der Waals surface area contributed by atoms with Crippen molar-refractivity contribution >= 4 is 0 Å². The molecule has 3 aliphatic carbocycles. The highest BCUT2D eigenvalue weighted by molar-refractivity contribution is 5.95. The van der Waals surface area contributed by atoms with E-state index in [1.807, 2.05) is 18.2 Å². The summed E-state index contributed by atoms with van der Waals surface area (Å²) in [5, 5.41) is 0. The molecule has 3 nitrogen and oxygen atoms in total. The zero-order valence-electron chi connectivity index (χ0n) is 27.7. The van der Waals surface area contributed by atoms with E-state index in [0.29, 0.717) is 29.3 Å². The second-order valence-corrected chi connectivity index (χ2v) is 13.6. The Morgan fingerprint density at radius 1 is 0.420 bits per heavy atom. The largest absolute Gasteiger partial charge is 0.208 e. The Bertz CT molecular complexity index is 2440. The highest BCUT2D eigenvalue weighted by Crippen LogP contribution is 2.62. The average Bonchev–Trinajstić information content (AvgIpc) is 3.65. The van der Waals surface area contributed by atoms with Crippen LogP contribution in [-0.4, -0.2) is 15.0 Å². The lowest BCUT2D eigenvalue weighted by molar-refractivity contribution is 0.635. The highest BCUT2D eigenvalue weighted by atomic mass is 15.0. The van der Waals surface area contributed by atoms with E-state index in [1.54, 1.807) is 0 Å². The Kier molecular flexibility index (Phi) is 6.44. The number of hydrogen-bond donors (Lipinski definition) is 0. The van der Waals surface area contributed by atoms with Gasteiger partial charge in [-0.1, -0.05) is 171 Å². The number of aromatic nitrogens is 3. The molecule has 10 rings (SSSR count). The van der Waals surface area contributed by atoms with Gasteiger partial charge in [0.05, 0.1) is 5.41 Å². The molecule has 1 heterocycles. The molecule has 2 unspecified atom stereocenters. The van der Waals surface area contributed by atoms with Gasteiger partial charge >= 0.3 is 0 Å². The SMILES string of the molecule is CC1C=CC=CC1c1ccc(-c2nc(-c3ccccc3)nc(-c3ccc4c(c3)C3(c5ccccc5-c5ccccc53)c3ccccc3-4)n2)cc1. The summed E-state index contributed by atoms with van der Waals surface area (Å²) in [6.07, 6.45) is 8.83. The van der Waals surface area contributed by atoms with Crippen molar-refractivity contribution in [2.45, 2.75) is 18.3 Å². The molecule has 0 bridgehead atoms. The summed E-state index contributed by atoms with van der Waals surface area (Å²) in [6, 6.07) is 52.5. The number of hydrogen-bond acceptors (Lipinski definition) is 3. The van der Waals surface area contributed by atoms with Crippen molar-refractivity contribution in [3.63, 3.8) is 0 Å². The van der Waals surface area contributed by atoms with Crippen LogP contribution >= 0.6 is 0 Å². The zero-order valence-corrected chi connectivity index (χ0v) is 27.7. The van der Waals surface area contributed by atoms with Crippen LogP contribution in [0.15, 0.2) is 170 Å². The van der Waals surface area contributed by atoms with E-state index < -0.39 is 5.41 Å². The van der Waals surface area contributed by atoms with Crippen molar-refractivity contribution in [2.75, 3.05) is 0 Å². The topological polar surface area (TPSA) is 38.7 Å². The van der Waals surface area contributed by atoms with Crippen LogP contribution in [0.3, 0.4) is 0 Å². The van der Waals surface area contributed by atoms with E-state index in [9.17, 15) is 0 Å². The van der Waals surface area contributed by atoms with Gasteiger partial charge in [-0.3, -0.25) is 0 Å². The van der Waals surface area contributed by atoms with Crippen molar-refractivity contribution in [3.8, 4) is 56.4 Å². The quantitative estimate of drug-likeness (QED) is 0.192. The minimum absolute atomic E-state index is 0.358. The van der Waals surface area contributed by atoms with Gasteiger partial charge in [-0.15, -0.1) is 0 Å². The molecule has 236 valence electrons. The summed E-state index contributed by atoms with van der Waals surface area (Å²) >= 11 is 0. The van der Waals surface area contributed by atoms with Gasteiger partial charge in [0.25, 0.3) is 0 Å². The van der Waals surface area contributed by atoms with E-state index in [2.05, 4.69) is 159 Å². The standard InChI is InChI=1S/C47H33N3/c1-30-13-5-6-16-35(30)31-23-25-33(26-24-31)45-48-44(32-14-3-2-4-15-32)49-46(50-45)34-27-28-39-38-19-9-12-22-42(38)47(43(39)29-34)40-20-10-7-17-36(40)37-18-8-11-21-41(37)47/h2-30,35H,1H3. The van der Waals surface area contributed by atoms with Gasteiger partial charge in [-0.05, 0) is 62.1 Å². The van der Waals surface area contributed by atoms with E-state index in [1.165, 1.54) is 50.1 Å². The van der Waals surface area contributed by atoms with Crippen molar-refractivity contribution in [1.29, 1.82) is 0 Å². The molecular weight excluding hydrogens is 607 g/mol. The van der Waals surface area contributed by atoms with Gasteiger partial charge < -0.3 is 0 Å². The first-order valence-corrected chi connectivity index (χ1v) is 17.4. The van der Waals surface area contributed by atoms with E-state index >= 15 is 0 Å². The zero-order chi connectivity index (χ0) is 33.2. The predicted molar refractivity (Wildman–Crippen MR) is 203 cm³/mol. The van der Waals surface area contributed by atoms with Crippen molar-refractivity contribution in [1.82, 2.24) is 15.0 Å². The molecule has 0 saturated heterocycles. The minimum Gasteiger partial charge on any atom is -0.208 e. The molecule has 0 fully saturated rings. The third kappa shape index (κ3) is 4.20. The van der Waals surface area contributed by atoms with E-state index in [4.69, 9.17) is 15.0 Å². The first kappa shape index (κ1) is 28.8. The second kappa shape index (κ2) is 11.2. The number of nitrogens with zero attached hydrogens (tertiary/aromatic N) is 3. The molecule has 50 heavy (non-hydrogen) atoms. The molecule has 3 heteroatoms. The van der Waals surface area contributed by atoms with Gasteiger partial charge in [0.15, 0.2) is 17.5 Å². The maximum atomic E-state index is 5.19. The Balaban J connectivity index is 1.16. The predicted octanol–water partition coefficient (Wildman–Crippen LogP) is 11.1. The number of rotatable bonds is 4. The highest BCUT2D eigenvalue weighted by Gasteiger charge is 2.51. The maximum Gasteiger partial charge on any atom is 0.164 e. The fourth-order valence-electron chi connectivity index (χ4n) is 8.57. The molecular formula is C47H33N3. The Morgan fingerprint density at radius 3 is 1.46 bits per heavy atom. The molecule has 0 radical (unpaired) electrons. The number of benzene rings is 6. The molecule has 1 spiro atoms. The van der Waals surface area contributed by atoms with Gasteiger partial charge in [0.2, 0.25) is 0 Å². The third-order valence-electron chi connectivity index (χ3n) is 10.9. The average molecular weight is 640 g/mol. The minimum atomic E-state index is -0.428. The van der Waals surface area contributed by atoms with Gasteiger partial charge in [-0.2, -0.15) is 0 Å². The summed E-state index contributed by atoms with van der Waals surface area (Å²) < 4.78 is 0. The van der Waals surface area contributed by atoms with Gasteiger partial charge in [-0.25, -0.2) is 15.0 Å². The summed E-state index contributed by atoms with van der Waals surface area (Å²) in [5.74, 6) is 2.81. The van der Waals surface area contributed by atoms with Crippen LogP contribution in [0.25, 0.3) is 56.4 Å². The third-order valence-corrected chi connectivity index (χ3v) is 10.9. The molecule has 2 atom stereocenters. The summed E-state index contributed by atoms with van der Waals surface area (Å²) in [5.41, 5.74) is 14.1. The summed E-state index contributed by atoms with van der Waals surface area (Å²) in [7, 11) is 0. The molecule has 0 aliphatic heterocycles. The Morgan fingerprint density at radius 2 is 0.880 bits per heavy atom. The first-order valence-electron chi connectivity index (χ1n) is 17.4. The molecule has 1 aromatic heterocycles. The van der Waals surface area contributed by atoms with Crippen LogP contribution in [0.5, 0.6) is 0 Å². The summed E-state index contributed by atoms with van der Waals surface area (Å²) in [4.78, 5) is 15.4. The van der Waals surface area contributed by atoms with Crippen LogP contribution in [0.1, 0.15) is 40.7 Å². The lowest BCUT2D eigenvalue weighted by Crippen LogP contribution is -2.25. The van der Waals surface area contributed by atoms with Crippen LogP contribution in [0, 0.1) is 5.92 Å². The van der Waals surface area contributed by atoms with Crippen LogP contribution in [0.4, 0.5) is 0 Å². The lowest BCUT2D eigenvalue weighted by Gasteiger charge is -2.30. The monoisotopic (exact) mass is 639 g/mol. The Hall–Kier alpha value is -6.19. The fourth-order valence-corrected chi connectivity index (χ4v) is 8.57. The molecule has 0 saturated carbocycles. The van der Waals surface area contributed by atoms with Crippen LogP contribution in [0.2, 0.25) is 0 Å². The number of allylic oxidation sites excluding steroid dienone is 4. The van der Waals surface area contributed by atoms with Crippen LogP contribution < -0.4 is 0 Å². The second-order valence-electron chi connectivity index (χ2n) is 13.6. The van der Waals surface area contributed by atoms with Gasteiger partial charge in [0.1, 0.15) is 0 Å². The molecule has 7 aromatic rings. The number of fused-ring (bicyclic) bond motifs is 10. The van der Waals surface area contributed by atoms with E-state index in [-0.39, 0.29) is 0 Å². The van der Waals surface area contributed by atoms with Crippen LogP contribution in [-0.2, 0) is 5.41 Å².